The quantitative estimate of drug-likeness (QED) is 0.801. The molecule has 0 aliphatic rings. The lowest BCUT2D eigenvalue weighted by Gasteiger charge is -2.13. The second kappa shape index (κ2) is 5.75. The van der Waals surface area contributed by atoms with Gasteiger partial charge in [-0.1, -0.05) is 15.9 Å². The van der Waals surface area contributed by atoms with Gasteiger partial charge in [-0.3, -0.25) is 0 Å². The van der Waals surface area contributed by atoms with Crippen LogP contribution in [0.1, 0.15) is 23.1 Å². The Bertz CT molecular complexity index is 418. The van der Waals surface area contributed by atoms with Crippen LogP contribution in [0.3, 0.4) is 0 Å². The van der Waals surface area contributed by atoms with Crippen LogP contribution in [-0.4, -0.2) is 12.1 Å². The third-order valence-corrected chi connectivity index (χ3v) is 2.64. The summed E-state index contributed by atoms with van der Waals surface area (Å²) in [7, 11) is 1.37. The van der Waals surface area contributed by atoms with E-state index in [9.17, 15) is 8.78 Å². The first-order valence-electron chi connectivity index (χ1n) is 4.41. The Morgan fingerprint density at radius 2 is 2.31 bits per heavy atom. The number of pyridine rings is 1. The molecule has 0 aromatic carbocycles. The van der Waals surface area contributed by atoms with Crippen LogP contribution < -0.4 is 4.74 Å². The number of alkyl halides is 3. The monoisotopic (exact) mass is 290 g/mol. The van der Waals surface area contributed by atoms with Crippen molar-refractivity contribution in [2.24, 2.45) is 0 Å². The molecule has 0 spiro atoms. The topological polar surface area (TPSA) is 45.9 Å². The largest absolute Gasteiger partial charge is 0.481 e. The van der Waals surface area contributed by atoms with Gasteiger partial charge in [-0.05, 0) is 5.56 Å². The fraction of sp³-hybridized carbons (Fsp3) is 0.400. The molecule has 0 saturated carbocycles. The Balaban J connectivity index is 3.39. The molecule has 1 rings (SSSR count). The summed E-state index contributed by atoms with van der Waals surface area (Å²) in [5, 5.41) is 8.76. The van der Waals surface area contributed by atoms with E-state index in [4.69, 9.17) is 10.00 Å². The van der Waals surface area contributed by atoms with Gasteiger partial charge in [0.25, 0.3) is 6.43 Å². The van der Waals surface area contributed by atoms with Gasteiger partial charge < -0.3 is 4.74 Å². The van der Waals surface area contributed by atoms with Crippen molar-refractivity contribution in [3.05, 3.63) is 22.9 Å². The minimum atomic E-state index is -2.65. The third-order valence-electron chi connectivity index (χ3n) is 2.08. The van der Waals surface area contributed by atoms with Gasteiger partial charge in [0, 0.05) is 22.7 Å². The van der Waals surface area contributed by atoms with Gasteiger partial charge in [-0.2, -0.15) is 5.26 Å². The minimum absolute atomic E-state index is 0.0866. The summed E-state index contributed by atoms with van der Waals surface area (Å²) >= 11 is 3.12. The van der Waals surface area contributed by atoms with Crippen molar-refractivity contribution in [1.29, 1.82) is 5.26 Å². The van der Waals surface area contributed by atoms with Crippen molar-refractivity contribution in [2.45, 2.75) is 18.2 Å². The molecule has 0 atom stereocenters. The number of methoxy groups -OCH3 is 1. The highest BCUT2D eigenvalue weighted by Crippen LogP contribution is 2.33. The molecule has 0 N–H and O–H groups in total. The van der Waals surface area contributed by atoms with Gasteiger partial charge in [0.05, 0.1) is 19.6 Å². The van der Waals surface area contributed by atoms with Crippen LogP contribution in [0, 0.1) is 11.3 Å². The Morgan fingerprint density at radius 1 is 1.62 bits per heavy atom. The highest BCUT2D eigenvalue weighted by Gasteiger charge is 2.21. The Morgan fingerprint density at radius 3 is 2.75 bits per heavy atom. The van der Waals surface area contributed by atoms with E-state index in [2.05, 4.69) is 20.9 Å². The van der Waals surface area contributed by atoms with Gasteiger partial charge in [-0.25, -0.2) is 13.8 Å². The number of nitriles is 1. The first kappa shape index (κ1) is 12.8. The second-order valence-corrected chi connectivity index (χ2v) is 3.51. The summed E-state index contributed by atoms with van der Waals surface area (Å²) in [4.78, 5) is 3.89. The molecule has 0 fully saturated rings. The average Bonchev–Trinajstić information content (AvgIpc) is 2.28. The Labute approximate surface area is 100 Å². The smallest absolute Gasteiger partial charge is 0.264 e. The molecule has 0 aliphatic carbocycles. The van der Waals surface area contributed by atoms with E-state index in [-0.39, 0.29) is 28.8 Å². The number of halogens is 3. The minimum Gasteiger partial charge on any atom is -0.481 e. The summed E-state index contributed by atoms with van der Waals surface area (Å²) in [5.74, 6) is 0.161. The summed E-state index contributed by atoms with van der Waals surface area (Å²) in [6.07, 6.45) is -1.47. The molecule has 3 nitrogen and oxygen atoms in total. The third kappa shape index (κ3) is 2.47. The molecule has 86 valence electrons. The fourth-order valence-electron chi connectivity index (χ4n) is 1.40. The summed E-state index contributed by atoms with van der Waals surface area (Å²) in [6.45, 7) is 0. The summed E-state index contributed by atoms with van der Waals surface area (Å²) < 4.78 is 30.7. The second-order valence-electron chi connectivity index (χ2n) is 2.95. The lowest BCUT2D eigenvalue weighted by Crippen LogP contribution is -2.04. The maximum atomic E-state index is 12.9. The van der Waals surface area contributed by atoms with Crippen molar-refractivity contribution < 1.29 is 13.5 Å². The van der Waals surface area contributed by atoms with Crippen molar-refractivity contribution in [3.8, 4) is 11.9 Å². The lowest BCUT2D eigenvalue weighted by atomic mass is 10.0. The molecule has 6 heteroatoms. The van der Waals surface area contributed by atoms with Crippen LogP contribution in [0.5, 0.6) is 5.88 Å². The van der Waals surface area contributed by atoms with Crippen LogP contribution in [0.25, 0.3) is 0 Å². The maximum absolute atomic E-state index is 12.9. The Kier molecular flexibility index (Phi) is 4.62. The Hall–Kier alpha value is -1.22. The van der Waals surface area contributed by atoms with Crippen LogP contribution in [0.4, 0.5) is 8.78 Å². The van der Waals surface area contributed by atoms with E-state index < -0.39 is 6.43 Å². The number of ether oxygens (including phenoxy) is 1. The van der Waals surface area contributed by atoms with Crippen molar-refractivity contribution >= 4 is 15.9 Å². The first-order chi connectivity index (χ1) is 7.65. The van der Waals surface area contributed by atoms with E-state index in [1.807, 2.05) is 6.07 Å². The molecule has 1 aromatic rings. The van der Waals surface area contributed by atoms with Crippen LogP contribution in [0.15, 0.2) is 6.20 Å². The van der Waals surface area contributed by atoms with Gasteiger partial charge in [-0.15, -0.1) is 0 Å². The molecule has 0 saturated heterocycles. The highest BCUT2D eigenvalue weighted by atomic mass is 79.9. The zero-order valence-corrected chi connectivity index (χ0v) is 10.1. The normalized spacial score (nSPS) is 10.2. The van der Waals surface area contributed by atoms with E-state index >= 15 is 0 Å². The van der Waals surface area contributed by atoms with Gasteiger partial charge in [0.1, 0.15) is 0 Å². The predicted octanol–water partition coefficient (Wildman–Crippen LogP) is 2.99. The molecule has 1 aromatic heterocycles. The molecule has 0 aliphatic heterocycles. The van der Waals surface area contributed by atoms with Gasteiger partial charge >= 0.3 is 0 Å². The molecule has 0 amide bonds. The standard InChI is InChI=1S/C10H9BrF2N2O/c1-16-10-7(4-11)8(9(12)13)6(2-3-14)5-15-10/h5,9H,2,4H2,1H3. The van der Waals surface area contributed by atoms with E-state index in [1.54, 1.807) is 0 Å². The van der Waals surface area contributed by atoms with E-state index in [0.717, 1.165) is 0 Å². The summed E-state index contributed by atoms with van der Waals surface area (Å²) in [6, 6.07) is 1.84. The number of hydrogen-bond acceptors (Lipinski definition) is 3. The molecular weight excluding hydrogens is 282 g/mol. The maximum Gasteiger partial charge on any atom is 0.264 e. The summed E-state index contributed by atoms with van der Waals surface area (Å²) in [5.41, 5.74) is 0.378. The van der Waals surface area contributed by atoms with Crippen LogP contribution in [0.2, 0.25) is 0 Å². The number of nitrogens with zero attached hydrogens (tertiary/aromatic N) is 2. The zero-order valence-electron chi connectivity index (χ0n) is 8.51. The molecular formula is C10H9BrF2N2O. The molecule has 1 heterocycles. The predicted molar refractivity (Wildman–Crippen MR) is 57.7 cm³/mol. The molecule has 0 bridgehead atoms. The molecule has 16 heavy (non-hydrogen) atoms. The van der Waals surface area contributed by atoms with Crippen molar-refractivity contribution in [2.75, 3.05) is 7.11 Å². The van der Waals surface area contributed by atoms with E-state index in [0.29, 0.717) is 5.56 Å². The first-order valence-corrected chi connectivity index (χ1v) is 5.53. The molecule has 0 unspecified atom stereocenters. The lowest BCUT2D eigenvalue weighted by molar-refractivity contribution is 0.149. The van der Waals surface area contributed by atoms with Gasteiger partial charge in [0.2, 0.25) is 5.88 Å². The fourth-order valence-corrected chi connectivity index (χ4v) is 1.94. The van der Waals surface area contributed by atoms with Gasteiger partial charge in [0.15, 0.2) is 0 Å². The van der Waals surface area contributed by atoms with Crippen molar-refractivity contribution in [3.63, 3.8) is 0 Å². The number of hydrogen-bond donors (Lipinski definition) is 0. The average molecular weight is 291 g/mol. The highest BCUT2D eigenvalue weighted by molar-refractivity contribution is 9.08. The van der Waals surface area contributed by atoms with Crippen molar-refractivity contribution in [1.82, 2.24) is 4.98 Å². The number of aromatic nitrogens is 1. The molecule has 0 radical (unpaired) electrons. The number of rotatable bonds is 4. The van der Waals surface area contributed by atoms with Crippen LogP contribution >= 0.6 is 15.9 Å². The van der Waals surface area contributed by atoms with E-state index in [1.165, 1.54) is 13.3 Å². The van der Waals surface area contributed by atoms with Crippen LogP contribution in [-0.2, 0) is 11.8 Å². The zero-order chi connectivity index (χ0) is 12.1. The SMILES string of the molecule is COc1ncc(CC#N)c(C(F)F)c1CBr.